The van der Waals surface area contributed by atoms with Gasteiger partial charge in [-0.2, -0.15) is 0 Å². The molecular formula is C29H34ClF2NO6. The Balaban J connectivity index is 1.40. The van der Waals surface area contributed by atoms with Crippen LogP contribution in [0.15, 0.2) is 42.5 Å². The molecule has 7 nitrogen and oxygen atoms in total. The molecule has 0 unspecified atom stereocenters. The molecule has 3 aliphatic rings. The molecule has 0 spiro atoms. The topological polar surface area (TPSA) is 75.3 Å². The van der Waals surface area contributed by atoms with Gasteiger partial charge in [0.2, 0.25) is 0 Å². The molecule has 1 amide bonds. The molecule has 2 aromatic rings. The quantitative estimate of drug-likeness (QED) is 0.458. The number of hydrogen-bond donors (Lipinski definition) is 1. The summed E-state index contributed by atoms with van der Waals surface area (Å²) in [6, 6.07) is 10.6. The summed E-state index contributed by atoms with van der Waals surface area (Å²) in [4.78, 5) is 13.8. The van der Waals surface area contributed by atoms with Crippen LogP contribution >= 0.6 is 11.6 Å². The molecular weight excluding hydrogens is 532 g/mol. The predicted molar refractivity (Wildman–Crippen MR) is 139 cm³/mol. The van der Waals surface area contributed by atoms with Crippen molar-refractivity contribution in [1.29, 1.82) is 0 Å². The van der Waals surface area contributed by atoms with Crippen molar-refractivity contribution < 1.29 is 37.3 Å². The van der Waals surface area contributed by atoms with Crippen molar-refractivity contribution >= 4 is 17.5 Å². The maximum atomic E-state index is 14.5. The third kappa shape index (κ3) is 6.78. The highest BCUT2D eigenvalue weighted by molar-refractivity contribution is 6.30. The van der Waals surface area contributed by atoms with E-state index in [0.29, 0.717) is 18.2 Å². The van der Waals surface area contributed by atoms with Gasteiger partial charge in [0, 0.05) is 42.6 Å². The SMILES string of the molecule is CC1(C)O[C@H]2[C@H](OCc3cccc(Cl)c3)C[C@](OCc3ccc(F)cc3F)(C(=O)NC[C@@H]3CCCO3)C[C@H]2O1. The van der Waals surface area contributed by atoms with Gasteiger partial charge in [0.05, 0.1) is 31.5 Å². The summed E-state index contributed by atoms with van der Waals surface area (Å²) in [7, 11) is 0. The average Bonchev–Trinajstić information content (AvgIpc) is 3.51. The number of rotatable bonds is 9. The Bertz CT molecular complexity index is 1180. The molecule has 0 aromatic heterocycles. The van der Waals surface area contributed by atoms with E-state index in [2.05, 4.69) is 5.32 Å². The maximum Gasteiger partial charge on any atom is 0.252 e. The summed E-state index contributed by atoms with van der Waals surface area (Å²) in [5, 5.41) is 3.58. The minimum Gasteiger partial charge on any atom is -0.376 e. The van der Waals surface area contributed by atoms with E-state index < -0.39 is 41.3 Å². The van der Waals surface area contributed by atoms with Gasteiger partial charge >= 0.3 is 0 Å². The molecule has 3 fully saturated rings. The van der Waals surface area contributed by atoms with Crippen molar-refractivity contribution in [3.05, 3.63) is 70.2 Å². The predicted octanol–water partition coefficient (Wildman–Crippen LogP) is 5.07. The van der Waals surface area contributed by atoms with E-state index >= 15 is 0 Å². The lowest BCUT2D eigenvalue weighted by Crippen LogP contribution is -2.60. The Hall–Kier alpha value is -2.14. The van der Waals surface area contributed by atoms with E-state index in [9.17, 15) is 13.6 Å². The van der Waals surface area contributed by atoms with Gasteiger partial charge in [-0.15, -0.1) is 0 Å². The Labute approximate surface area is 232 Å². The summed E-state index contributed by atoms with van der Waals surface area (Å²) < 4.78 is 58.7. The number of hydrogen-bond acceptors (Lipinski definition) is 6. The number of ether oxygens (including phenoxy) is 5. The molecule has 1 N–H and O–H groups in total. The monoisotopic (exact) mass is 565 g/mol. The van der Waals surface area contributed by atoms with E-state index in [1.165, 1.54) is 6.07 Å². The Morgan fingerprint density at radius 1 is 1.13 bits per heavy atom. The van der Waals surface area contributed by atoms with E-state index in [-0.39, 0.29) is 43.6 Å². The number of nitrogens with one attached hydrogen (secondary N) is 1. The molecule has 0 radical (unpaired) electrons. The summed E-state index contributed by atoms with van der Waals surface area (Å²) in [6.07, 6.45) is 0.528. The molecule has 2 aliphatic heterocycles. The lowest BCUT2D eigenvalue weighted by Gasteiger charge is -2.43. The van der Waals surface area contributed by atoms with Crippen LogP contribution in [0.1, 0.15) is 50.7 Å². The number of benzene rings is 2. The van der Waals surface area contributed by atoms with E-state index in [4.69, 9.17) is 35.3 Å². The minimum atomic E-state index is -1.41. The highest BCUT2D eigenvalue weighted by Crippen LogP contribution is 2.44. The fourth-order valence-electron chi connectivity index (χ4n) is 5.57. The number of carbonyl (C=O) groups excluding carboxylic acids is 1. The first-order valence-corrected chi connectivity index (χ1v) is 13.7. The van der Waals surface area contributed by atoms with Gasteiger partial charge in [0.15, 0.2) is 11.4 Å². The van der Waals surface area contributed by atoms with Crippen LogP contribution in [0, 0.1) is 11.6 Å². The van der Waals surface area contributed by atoms with Crippen molar-refractivity contribution in [3.8, 4) is 0 Å². The van der Waals surface area contributed by atoms with Crippen molar-refractivity contribution in [2.24, 2.45) is 0 Å². The van der Waals surface area contributed by atoms with Gasteiger partial charge < -0.3 is 29.0 Å². The van der Waals surface area contributed by atoms with Crippen LogP contribution in [-0.4, -0.2) is 54.9 Å². The fraction of sp³-hybridized carbons (Fsp3) is 0.552. The summed E-state index contributed by atoms with van der Waals surface area (Å²) in [5.74, 6) is -2.67. The molecule has 212 valence electrons. The number of fused-ring (bicyclic) bond motifs is 1. The van der Waals surface area contributed by atoms with Crippen LogP contribution in [0.3, 0.4) is 0 Å². The van der Waals surface area contributed by atoms with Gasteiger partial charge in [0.25, 0.3) is 5.91 Å². The molecule has 10 heteroatoms. The second-order valence-corrected chi connectivity index (χ2v) is 11.3. The first-order chi connectivity index (χ1) is 18.6. The second kappa shape index (κ2) is 11.8. The molecule has 5 rings (SSSR count). The molecule has 2 saturated heterocycles. The third-order valence-corrected chi connectivity index (χ3v) is 7.69. The zero-order valence-corrected chi connectivity index (χ0v) is 22.8. The van der Waals surface area contributed by atoms with Gasteiger partial charge in [-0.05, 0) is 50.5 Å². The highest BCUT2D eigenvalue weighted by Gasteiger charge is 2.58. The van der Waals surface area contributed by atoms with Crippen molar-refractivity contribution in [1.82, 2.24) is 5.32 Å². The van der Waals surface area contributed by atoms with Gasteiger partial charge in [0.1, 0.15) is 17.7 Å². The zero-order valence-electron chi connectivity index (χ0n) is 22.1. The summed E-state index contributed by atoms with van der Waals surface area (Å²) in [5.41, 5.74) is -0.403. The number of halogens is 3. The second-order valence-electron chi connectivity index (χ2n) is 10.9. The van der Waals surface area contributed by atoms with Crippen LogP contribution in [0.4, 0.5) is 8.78 Å². The summed E-state index contributed by atoms with van der Waals surface area (Å²) >= 11 is 6.15. The highest BCUT2D eigenvalue weighted by atomic mass is 35.5. The van der Waals surface area contributed by atoms with E-state index in [1.807, 2.05) is 32.0 Å². The van der Waals surface area contributed by atoms with Crippen LogP contribution in [0.2, 0.25) is 5.02 Å². The largest absolute Gasteiger partial charge is 0.376 e. The third-order valence-electron chi connectivity index (χ3n) is 7.45. The maximum absolute atomic E-state index is 14.5. The normalized spacial score (nSPS) is 29.8. The van der Waals surface area contributed by atoms with Crippen molar-refractivity contribution in [2.45, 2.75) is 88.5 Å². The number of carbonyl (C=O) groups is 1. The van der Waals surface area contributed by atoms with Crippen LogP contribution in [-0.2, 0) is 41.7 Å². The van der Waals surface area contributed by atoms with Crippen LogP contribution in [0.5, 0.6) is 0 Å². The minimum absolute atomic E-state index is 0.0724. The first kappa shape index (κ1) is 28.4. The standard InChI is InChI=1S/C29H34ClF2NO6/c1-28(2)38-25-14-29(27(34)33-15-22-7-4-10-35-22,37-17-19-8-9-21(31)12-23(19)32)13-24(26(25)39-28)36-16-18-5-3-6-20(30)11-18/h3,5-6,8-9,11-12,22,24-26H,4,7,10,13-17H2,1-2H3,(H,33,34)/t22-,24+,25+,26-,29+/m0/s1. The van der Waals surface area contributed by atoms with E-state index in [1.54, 1.807) is 6.07 Å². The van der Waals surface area contributed by atoms with Crippen LogP contribution < -0.4 is 5.32 Å². The molecule has 39 heavy (non-hydrogen) atoms. The van der Waals surface area contributed by atoms with Gasteiger partial charge in [-0.1, -0.05) is 29.8 Å². The lowest BCUT2D eigenvalue weighted by molar-refractivity contribution is -0.184. The average molecular weight is 566 g/mol. The lowest BCUT2D eigenvalue weighted by atomic mass is 9.78. The fourth-order valence-corrected chi connectivity index (χ4v) is 5.78. The molecule has 1 saturated carbocycles. The number of amides is 1. The first-order valence-electron chi connectivity index (χ1n) is 13.3. The van der Waals surface area contributed by atoms with Gasteiger partial charge in [-0.3, -0.25) is 4.79 Å². The Morgan fingerprint density at radius 3 is 2.72 bits per heavy atom. The van der Waals surface area contributed by atoms with Crippen LogP contribution in [0.25, 0.3) is 0 Å². The van der Waals surface area contributed by atoms with Gasteiger partial charge in [-0.25, -0.2) is 8.78 Å². The molecule has 2 heterocycles. The van der Waals surface area contributed by atoms with Crippen molar-refractivity contribution in [3.63, 3.8) is 0 Å². The summed E-state index contributed by atoms with van der Waals surface area (Å²) in [6.45, 7) is 4.62. The molecule has 5 atom stereocenters. The molecule has 1 aliphatic carbocycles. The molecule has 0 bridgehead atoms. The zero-order chi connectivity index (χ0) is 27.6. The Kier molecular flexibility index (Phi) is 8.56. The van der Waals surface area contributed by atoms with Crippen molar-refractivity contribution in [2.75, 3.05) is 13.2 Å². The Morgan fingerprint density at radius 2 is 1.97 bits per heavy atom. The molecule has 2 aromatic carbocycles. The van der Waals surface area contributed by atoms with E-state index in [0.717, 1.165) is 30.5 Å². The smallest absolute Gasteiger partial charge is 0.252 e.